The molecule has 8 nitrogen and oxygen atoms in total. The van der Waals surface area contributed by atoms with Gasteiger partial charge in [-0.05, 0) is 36.4 Å². The molecule has 8 heteroatoms. The van der Waals surface area contributed by atoms with E-state index in [9.17, 15) is 0 Å². The fraction of sp³-hybridized carbons (Fsp3) is 0. The Balaban J connectivity index is 1.09. The predicted molar refractivity (Wildman–Crippen MR) is 247 cm³/mol. The van der Waals surface area contributed by atoms with Crippen LogP contribution >= 0.6 is 0 Å². The van der Waals surface area contributed by atoms with Crippen molar-refractivity contribution in [3.8, 4) is 74.0 Å². The van der Waals surface area contributed by atoms with E-state index in [1.165, 1.54) is 0 Å². The minimum atomic E-state index is 0.524. The molecule has 0 atom stereocenters. The second-order valence-corrected chi connectivity index (χ2v) is 15.1. The van der Waals surface area contributed by atoms with Crippen LogP contribution in [0.15, 0.2) is 205 Å². The van der Waals surface area contributed by atoms with Crippen LogP contribution in [0.5, 0.6) is 0 Å². The molecule has 62 heavy (non-hydrogen) atoms. The van der Waals surface area contributed by atoms with Crippen LogP contribution in [0.25, 0.3) is 118 Å². The molecule has 12 aromatic rings. The molecular formula is C54H33N7O. The quantitative estimate of drug-likeness (QED) is 0.158. The summed E-state index contributed by atoms with van der Waals surface area (Å²) in [7, 11) is 0. The van der Waals surface area contributed by atoms with Crippen LogP contribution in [0, 0.1) is 0 Å². The highest BCUT2D eigenvalue weighted by atomic mass is 16.3. The average Bonchev–Trinajstić information content (AvgIpc) is 3.91. The summed E-state index contributed by atoms with van der Waals surface area (Å²) < 4.78 is 8.80. The fourth-order valence-corrected chi connectivity index (χ4v) is 8.51. The first-order valence-corrected chi connectivity index (χ1v) is 20.5. The number of furan rings is 1. The Bertz CT molecular complexity index is 3580. The number of benzene rings is 8. The van der Waals surface area contributed by atoms with Crippen LogP contribution in [0.1, 0.15) is 0 Å². The molecule has 0 aliphatic carbocycles. The maximum absolute atomic E-state index is 6.50. The van der Waals surface area contributed by atoms with Crippen molar-refractivity contribution in [3.63, 3.8) is 0 Å². The SMILES string of the molecule is c1ccc(-c2nc(-c3ccccc3-n3c4ccccc4c4c(-c5nc(-c6ccccc6)nc(-c6ccccc6)n5)cccc43)nc(-c3cccc4c3oc3ccccc34)n2)cc1. The van der Waals surface area contributed by atoms with Crippen LogP contribution in [-0.4, -0.2) is 34.5 Å². The van der Waals surface area contributed by atoms with Gasteiger partial charge in [0.1, 0.15) is 11.2 Å². The van der Waals surface area contributed by atoms with Gasteiger partial charge < -0.3 is 8.98 Å². The molecule has 0 N–H and O–H groups in total. The third-order valence-electron chi connectivity index (χ3n) is 11.3. The molecule has 0 spiro atoms. The smallest absolute Gasteiger partial charge is 0.167 e. The zero-order valence-corrected chi connectivity index (χ0v) is 33.1. The molecule has 4 heterocycles. The summed E-state index contributed by atoms with van der Waals surface area (Å²) in [6, 6.07) is 67.5. The van der Waals surface area contributed by atoms with Gasteiger partial charge in [-0.25, -0.2) is 29.9 Å². The Morgan fingerprint density at radius 2 is 0.742 bits per heavy atom. The summed E-state index contributed by atoms with van der Waals surface area (Å²) >= 11 is 0. The van der Waals surface area contributed by atoms with E-state index in [1.54, 1.807) is 0 Å². The summed E-state index contributed by atoms with van der Waals surface area (Å²) in [6.45, 7) is 0. The maximum Gasteiger partial charge on any atom is 0.167 e. The minimum absolute atomic E-state index is 0.524. The Morgan fingerprint density at radius 1 is 0.306 bits per heavy atom. The highest BCUT2D eigenvalue weighted by Gasteiger charge is 2.23. The van der Waals surface area contributed by atoms with Gasteiger partial charge in [0.05, 0.1) is 22.3 Å². The number of nitrogens with zero attached hydrogens (tertiary/aromatic N) is 7. The van der Waals surface area contributed by atoms with Crippen molar-refractivity contribution < 1.29 is 4.42 Å². The summed E-state index contributed by atoms with van der Waals surface area (Å²) in [4.78, 5) is 30.9. The summed E-state index contributed by atoms with van der Waals surface area (Å²) in [5.74, 6) is 3.44. The third-order valence-corrected chi connectivity index (χ3v) is 11.3. The average molecular weight is 796 g/mol. The number of aromatic nitrogens is 7. The van der Waals surface area contributed by atoms with Crippen LogP contribution in [0.2, 0.25) is 0 Å². The number of para-hydroxylation sites is 4. The number of rotatable bonds is 7. The van der Waals surface area contributed by atoms with Crippen molar-refractivity contribution in [3.05, 3.63) is 200 Å². The lowest BCUT2D eigenvalue weighted by Gasteiger charge is -2.15. The number of hydrogen-bond donors (Lipinski definition) is 0. The van der Waals surface area contributed by atoms with Crippen LogP contribution < -0.4 is 0 Å². The monoisotopic (exact) mass is 795 g/mol. The molecule has 0 amide bonds. The Hall–Kier alpha value is -8.62. The molecule has 8 aromatic carbocycles. The molecule has 0 aliphatic heterocycles. The third kappa shape index (κ3) is 5.92. The van der Waals surface area contributed by atoms with Crippen molar-refractivity contribution in [2.75, 3.05) is 0 Å². The van der Waals surface area contributed by atoms with Crippen molar-refractivity contribution in [2.24, 2.45) is 0 Å². The maximum atomic E-state index is 6.50. The first-order chi connectivity index (χ1) is 30.7. The molecule has 0 bridgehead atoms. The van der Waals surface area contributed by atoms with Crippen LogP contribution in [-0.2, 0) is 0 Å². The molecule has 0 saturated carbocycles. The van der Waals surface area contributed by atoms with E-state index in [-0.39, 0.29) is 0 Å². The van der Waals surface area contributed by atoms with E-state index in [4.69, 9.17) is 34.3 Å². The van der Waals surface area contributed by atoms with Gasteiger partial charge in [0.15, 0.2) is 34.9 Å². The van der Waals surface area contributed by atoms with Crippen molar-refractivity contribution >= 4 is 43.7 Å². The van der Waals surface area contributed by atoms with Gasteiger partial charge in [0.2, 0.25) is 0 Å². The lowest BCUT2D eigenvalue weighted by atomic mass is 10.1. The van der Waals surface area contributed by atoms with Gasteiger partial charge in [-0.2, -0.15) is 0 Å². The molecule has 0 fully saturated rings. The molecule has 0 aliphatic rings. The van der Waals surface area contributed by atoms with Gasteiger partial charge in [-0.15, -0.1) is 0 Å². The van der Waals surface area contributed by atoms with E-state index in [2.05, 4.69) is 77.4 Å². The van der Waals surface area contributed by atoms with Gasteiger partial charge in [0, 0.05) is 49.4 Å². The van der Waals surface area contributed by atoms with Crippen molar-refractivity contribution in [1.29, 1.82) is 0 Å². The van der Waals surface area contributed by atoms with Crippen molar-refractivity contribution in [2.45, 2.75) is 0 Å². The zero-order chi connectivity index (χ0) is 41.0. The second kappa shape index (κ2) is 14.6. The fourth-order valence-electron chi connectivity index (χ4n) is 8.51. The van der Waals surface area contributed by atoms with E-state index in [0.717, 1.165) is 82.8 Å². The largest absolute Gasteiger partial charge is 0.455 e. The normalized spacial score (nSPS) is 11.5. The van der Waals surface area contributed by atoms with E-state index >= 15 is 0 Å². The molecular weight excluding hydrogens is 763 g/mol. The Morgan fingerprint density at radius 3 is 1.42 bits per heavy atom. The van der Waals surface area contributed by atoms with E-state index in [0.29, 0.717) is 34.9 Å². The number of hydrogen-bond acceptors (Lipinski definition) is 7. The Kier molecular flexibility index (Phi) is 8.31. The standard InChI is InChI=1S/C54H33N7O/c1-4-18-34(19-5-1)49-55-50(35-20-6-2-7-21-35)58-53(57-49)41-28-17-32-45-47(41)39-25-10-13-30-43(39)61(45)44-31-14-11-26-40(44)52-56-51(36-22-8-3-9-23-36)59-54(60-52)42-29-16-27-38-37-24-12-15-33-46(37)62-48(38)42/h1-33H. The highest BCUT2D eigenvalue weighted by Crippen LogP contribution is 2.41. The minimum Gasteiger partial charge on any atom is -0.455 e. The predicted octanol–water partition coefficient (Wildman–Crippen LogP) is 13.1. The lowest BCUT2D eigenvalue weighted by Crippen LogP contribution is -2.03. The first kappa shape index (κ1) is 35.3. The Labute approximate surface area is 355 Å². The van der Waals surface area contributed by atoms with E-state index < -0.39 is 0 Å². The molecule has 0 unspecified atom stereocenters. The van der Waals surface area contributed by atoms with Crippen LogP contribution in [0.4, 0.5) is 0 Å². The van der Waals surface area contributed by atoms with Gasteiger partial charge in [-0.1, -0.05) is 164 Å². The van der Waals surface area contributed by atoms with E-state index in [1.807, 2.05) is 127 Å². The van der Waals surface area contributed by atoms with Crippen LogP contribution in [0.3, 0.4) is 0 Å². The second-order valence-electron chi connectivity index (χ2n) is 15.1. The summed E-state index contributed by atoms with van der Waals surface area (Å²) in [5, 5.41) is 4.14. The topological polar surface area (TPSA) is 95.4 Å². The zero-order valence-electron chi connectivity index (χ0n) is 33.1. The summed E-state index contributed by atoms with van der Waals surface area (Å²) in [6.07, 6.45) is 0. The molecule has 0 radical (unpaired) electrons. The first-order valence-electron chi connectivity index (χ1n) is 20.5. The van der Waals surface area contributed by atoms with Gasteiger partial charge >= 0.3 is 0 Å². The molecule has 0 saturated heterocycles. The van der Waals surface area contributed by atoms with Crippen molar-refractivity contribution in [1.82, 2.24) is 34.5 Å². The van der Waals surface area contributed by atoms with Gasteiger partial charge in [-0.3, -0.25) is 0 Å². The highest BCUT2D eigenvalue weighted by molar-refractivity contribution is 6.15. The molecule has 4 aromatic heterocycles. The molecule has 290 valence electrons. The number of fused-ring (bicyclic) bond motifs is 6. The van der Waals surface area contributed by atoms with Gasteiger partial charge in [0.25, 0.3) is 0 Å². The lowest BCUT2D eigenvalue weighted by molar-refractivity contribution is 0.669. The summed E-state index contributed by atoms with van der Waals surface area (Å²) in [5.41, 5.74) is 9.73. The molecule has 12 rings (SSSR count).